The molecular formula is C5H5ClO. The van der Waals surface area contributed by atoms with Crippen LogP contribution in [0.25, 0.3) is 0 Å². The van der Waals surface area contributed by atoms with Crippen LogP contribution in [0.5, 0.6) is 0 Å². The van der Waals surface area contributed by atoms with E-state index in [4.69, 9.17) is 11.6 Å². The maximum Gasteiger partial charge on any atom is 0.120 e. The second-order valence-corrected chi connectivity index (χ2v) is 1.58. The van der Waals surface area contributed by atoms with E-state index in [-0.39, 0.29) is 0 Å². The standard InChI is InChI=1S/C5H5ClO/c1-5(6)3-2-4-7/h2H,1,3H2. The first-order valence-electron chi connectivity index (χ1n) is 1.80. The molecule has 0 aliphatic heterocycles. The molecule has 0 aliphatic carbocycles. The molecule has 38 valence electrons. The third-order valence-corrected chi connectivity index (χ3v) is 0.561. The molecule has 0 atom stereocenters. The van der Waals surface area contributed by atoms with Crippen LogP contribution in [0.15, 0.2) is 17.7 Å². The second kappa shape index (κ2) is 3.66. The average molecular weight is 117 g/mol. The van der Waals surface area contributed by atoms with Crippen molar-refractivity contribution in [1.29, 1.82) is 0 Å². The van der Waals surface area contributed by atoms with Gasteiger partial charge in [-0.25, -0.2) is 4.79 Å². The molecule has 0 fully saturated rings. The van der Waals surface area contributed by atoms with Crippen LogP contribution in [0, 0.1) is 0 Å². The largest absolute Gasteiger partial charge is 0.234 e. The number of hydrogen-bond donors (Lipinski definition) is 0. The normalized spacial score (nSPS) is 7.00. The van der Waals surface area contributed by atoms with E-state index in [9.17, 15) is 4.79 Å². The fourth-order valence-corrected chi connectivity index (χ4v) is 0.230. The molecule has 0 aliphatic rings. The molecule has 0 unspecified atom stereocenters. The van der Waals surface area contributed by atoms with Crippen molar-refractivity contribution in [2.75, 3.05) is 0 Å². The zero-order valence-corrected chi connectivity index (χ0v) is 4.53. The third-order valence-electron chi connectivity index (χ3n) is 0.407. The Labute approximate surface area is 47.3 Å². The quantitative estimate of drug-likeness (QED) is 0.500. The Hall–Kier alpha value is -0.520. The van der Waals surface area contributed by atoms with Gasteiger partial charge in [0.25, 0.3) is 0 Å². The predicted octanol–water partition coefficient (Wildman–Crippen LogP) is 1.52. The van der Waals surface area contributed by atoms with Crippen LogP contribution in [-0.4, -0.2) is 5.94 Å². The summed E-state index contributed by atoms with van der Waals surface area (Å²) >= 11 is 5.25. The summed E-state index contributed by atoms with van der Waals surface area (Å²) in [5.41, 5.74) is 0. The molecule has 0 saturated heterocycles. The van der Waals surface area contributed by atoms with Crippen molar-refractivity contribution in [2.45, 2.75) is 6.42 Å². The maximum absolute atomic E-state index is 9.43. The van der Waals surface area contributed by atoms with E-state index in [1.54, 1.807) is 5.94 Å². The lowest BCUT2D eigenvalue weighted by molar-refractivity contribution is 0.568. The van der Waals surface area contributed by atoms with E-state index in [1.165, 1.54) is 6.08 Å². The molecule has 0 aromatic heterocycles. The summed E-state index contributed by atoms with van der Waals surface area (Å²) in [4.78, 5) is 9.43. The Kier molecular flexibility index (Phi) is 3.39. The number of halogens is 1. The van der Waals surface area contributed by atoms with E-state index >= 15 is 0 Å². The van der Waals surface area contributed by atoms with Gasteiger partial charge in [-0.3, -0.25) is 0 Å². The van der Waals surface area contributed by atoms with E-state index in [0.29, 0.717) is 11.5 Å². The van der Waals surface area contributed by atoms with Crippen LogP contribution in [0.1, 0.15) is 6.42 Å². The lowest BCUT2D eigenvalue weighted by Gasteiger charge is -1.78. The summed E-state index contributed by atoms with van der Waals surface area (Å²) in [6.45, 7) is 3.35. The van der Waals surface area contributed by atoms with Crippen LogP contribution in [-0.2, 0) is 4.79 Å². The van der Waals surface area contributed by atoms with Crippen LogP contribution < -0.4 is 0 Å². The van der Waals surface area contributed by atoms with E-state index in [0.717, 1.165) is 0 Å². The molecule has 0 bridgehead atoms. The van der Waals surface area contributed by atoms with Gasteiger partial charge in [-0.1, -0.05) is 18.2 Å². The van der Waals surface area contributed by atoms with Gasteiger partial charge >= 0.3 is 0 Å². The molecule has 1 nitrogen and oxygen atoms in total. The summed E-state index contributed by atoms with van der Waals surface area (Å²) in [6.07, 6.45) is 1.71. The summed E-state index contributed by atoms with van der Waals surface area (Å²) in [7, 11) is 0. The van der Waals surface area contributed by atoms with Crippen LogP contribution in [0.2, 0.25) is 0 Å². The minimum absolute atomic E-state index is 0.422. The van der Waals surface area contributed by atoms with Gasteiger partial charge in [0.05, 0.1) is 0 Å². The first-order valence-corrected chi connectivity index (χ1v) is 2.18. The molecule has 0 amide bonds. The lowest BCUT2D eigenvalue weighted by Crippen LogP contribution is -1.61. The number of hydrogen-bond acceptors (Lipinski definition) is 1. The topological polar surface area (TPSA) is 17.1 Å². The monoisotopic (exact) mass is 116 g/mol. The Morgan fingerprint density at radius 1 is 2.00 bits per heavy atom. The molecule has 0 aromatic rings. The average Bonchev–Trinajstić information content (AvgIpc) is 1.61. The highest BCUT2D eigenvalue weighted by Gasteiger charge is 1.77. The molecule has 0 N–H and O–H groups in total. The Morgan fingerprint density at radius 3 is 2.71 bits per heavy atom. The van der Waals surface area contributed by atoms with Crippen molar-refractivity contribution in [3.63, 3.8) is 0 Å². The first-order chi connectivity index (χ1) is 3.27. The second-order valence-electron chi connectivity index (χ2n) is 1.04. The van der Waals surface area contributed by atoms with Gasteiger partial charge in [0.1, 0.15) is 5.94 Å². The fourth-order valence-electron chi connectivity index (χ4n) is 0.152. The van der Waals surface area contributed by atoms with Crippen molar-refractivity contribution in [3.8, 4) is 0 Å². The lowest BCUT2D eigenvalue weighted by atomic mass is 10.4. The zero-order chi connectivity index (χ0) is 5.70. The van der Waals surface area contributed by atoms with Crippen molar-refractivity contribution >= 4 is 17.5 Å². The summed E-state index contributed by atoms with van der Waals surface area (Å²) < 4.78 is 0. The molecule has 0 spiro atoms. The summed E-state index contributed by atoms with van der Waals surface area (Å²) in [5.74, 6) is 1.58. The van der Waals surface area contributed by atoms with E-state index in [2.05, 4.69) is 6.58 Å². The number of allylic oxidation sites excluding steroid dienone is 2. The van der Waals surface area contributed by atoms with Crippen molar-refractivity contribution in [1.82, 2.24) is 0 Å². The summed E-state index contributed by atoms with van der Waals surface area (Å²) in [5, 5.41) is 0.461. The van der Waals surface area contributed by atoms with Crippen molar-refractivity contribution in [3.05, 3.63) is 17.7 Å². The Morgan fingerprint density at radius 2 is 2.57 bits per heavy atom. The molecule has 0 heterocycles. The SMILES string of the molecule is C=C(Cl)CC=C=O. The highest BCUT2D eigenvalue weighted by Crippen LogP contribution is 2.00. The van der Waals surface area contributed by atoms with Gasteiger partial charge < -0.3 is 0 Å². The molecule has 0 radical (unpaired) electrons. The number of rotatable bonds is 2. The summed E-state index contributed by atoms with van der Waals surface area (Å²) in [6, 6.07) is 0. The van der Waals surface area contributed by atoms with Crippen molar-refractivity contribution in [2.24, 2.45) is 0 Å². The van der Waals surface area contributed by atoms with Crippen LogP contribution in [0.4, 0.5) is 0 Å². The highest BCUT2D eigenvalue weighted by molar-refractivity contribution is 6.29. The zero-order valence-electron chi connectivity index (χ0n) is 3.78. The fraction of sp³-hybridized carbons (Fsp3) is 0.200. The van der Waals surface area contributed by atoms with Gasteiger partial charge in [0.2, 0.25) is 0 Å². The van der Waals surface area contributed by atoms with Crippen LogP contribution in [0.3, 0.4) is 0 Å². The van der Waals surface area contributed by atoms with Gasteiger partial charge in [-0.05, 0) is 0 Å². The van der Waals surface area contributed by atoms with Gasteiger partial charge in [-0.15, -0.1) is 0 Å². The Bertz CT molecular complexity index is 111. The van der Waals surface area contributed by atoms with Gasteiger partial charge in [0, 0.05) is 17.5 Å². The predicted molar refractivity (Wildman–Crippen MR) is 29.9 cm³/mol. The van der Waals surface area contributed by atoms with Gasteiger partial charge in [0.15, 0.2) is 0 Å². The molecule has 0 aromatic carbocycles. The highest BCUT2D eigenvalue weighted by atomic mass is 35.5. The van der Waals surface area contributed by atoms with E-state index in [1.807, 2.05) is 0 Å². The smallest absolute Gasteiger partial charge is 0.120 e. The molecule has 7 heavy (non-hydrogen) atoms. The third kappa shape index (κ3) is 5.48. The molecule has 0 rings (SSSR count). The molecule has 0 saturated carbocycles. The molecule has 2 heteroatoms. The van der Waals surface area contributed by atoms with Crippen LogP contribution >= 0.6 is 11.6 Å². The van der Waals surface area contributed by atoms with Crippen molar-refractivity contribution < 1.29 is 4.79 Å². The first kappa shape index (κ1) is 6.48. The minimum atomic E-state index is 0.422. The maximum atomic E-state index is 9.43. The molecular weight excluding hydrogens is 112 g/mol. The minimum Gasteiger partial charge on any atom is -0.234 e. The Balaban J connectivity index is 3.32. The number of carbonyl (C=O) groups excluding carboxylic acids is 1. The van der Waals surface area contributed by atoms with E-state index < -0.39 is 0 Å². The van der Waals surface area contributed by atoms with Gasteiger partial charge in [-0.2, -0.15) is 0 Å².